The highest BCUT2D eigenvalue weighted by Crippen LogP contribution is 2.69. The Morgan fingerprint density at radius 3 is 2.55 bits per heavy atom. The maximum Gasteiger partial charge on any atom is 0.135 e. The summed E-state index contributed by atoms with van der Waals surface area (Å²) < 4.78 is 30.7. The smallest absolute Gasteiger partial charge is 0.135 e. The van der Waals surface area contributed by atoms with Gasteiger partial charge in [0.2, 0.25) is 0 Å². The number of aromatic nitrogens is 5. The maximum absolute atomic E-state index is 14.5. The zero-order valence-electron chi connectivity index (χ0n) is 21.5. The van der Waals surface area contributed by atoms with Gasteiger partial charge in [0.25, 0.3) is 0 Å². The van der Waals surface area contributed by atoms with E-state index in [4.69, 9.17) is 4.98 Å². The summed E-state index contributed by atoms with van der Waals surface area (Å²) in [4.78, 5) is 5.12. The molecule has 196 valence electrons. The first-order chi connectivity index (χ1) is 18.2. The quantitative estimate of drug-likeness (QED) is 0.390. The van der Waals surface area contributed by atoms with Crippen molar-refractivity contribution in [3.8, 4) is 22.5 Å². The number of aryl methyl sites for hydroxylation is 1. The van der Waals surface area contributed by atoms with E-state index in [1.165, 1.54) is 18.2 Å². The molecule has 9 heteroatoms. The summed E-state index contributed by atoms with van der Waals surface area (Å²) in [5, 5.41) is 32.4. The third-order valence-corrected chi connectivity index (χ3v) is 8.62. The van der Waals surface area contributed by atoms with Crippen LogP contribution in [0.3, 0.4) is 0 Å². The molecule has 2 aliphatic carbocycles. The lowest BCUT2D eigenvalue weighted by Gasteiger charge is -2.37. The Hall–Kier alpha value is -3.56. The SMILES string of the molecule is Cc1nn(C[C@H](O)CO)cc1-c1cccc([C@@]23CC[C@@H](c4cc(-c5c(F)cccc5F)nnc42)C3(C)C)n1. The van der Waals surface area contributed by atoms with Gasteiger partial charge in [0, 0.05) is 11.8 Å². The molecule has 6 rings (SSSR count). The first-order valence-corrected chi connectivity index (χ1v) is 12.8. The van der Waals surface area contributed by atoms with Crippen LogP contribution in [0, 0.1) is 24.0 Å². The standard InChI is InChI=1S/C29H29F2N5O2/c1-16-19(14-36(35-16)13-17(38)15-37)23-8-5-9-25(32-23)29-11-10-20(28(29,2)3)18-12-24(33-34-27(18)29)26-21(30)6-4-7-22(26)31/h4-9,12,14,17,20,37-38H,10-11,13,15H2,1-3H3/t17-,20-,29-/m0/s1. The fraction of sp³-hybridized carbons (Fsp3) is 0.379. The molecule has 0 aliphatic heterocycles. The largest absolute Gasteiger partial charge is 0.394 e. The molecular weight excluding hydrogens is 488 g/mol. The zero-order valence-corrected chi connectivity index (χ0v) is 21.5. The van der Waals surface area contributed by atoms with Gasteiger partial charge in [0.05, 0.1) is 58.7 Å². The molecule has 7 nitrogen and oxygen atoms in total. The molecule has 1 aromatic carbocycles. The number of halogens is 2. The Bertz CT molecular complexity index is 1530. The summed E-state index contributed by atoms with van der Waals surface area (Å²) in [5.41, 5.74) is 4.34. The second kappa shape index (κ2) is 8.74. The summed E-state index contributed by atoms with van der Waals surface area (Å²) in [6.45, 7) is 6.16. The molecule has 2 N–H and O–H groups in total. The van der Waals surface area contributed by atoms with Crippen LogP contribution in [0.1, 0.15) is 55.3 Å². The van der Waals surface area contributed by atoms with Crippen LogP contribution < -0.4 is 0 Å². The Morgan fingerprint density at radius 1 is 1.08 bits per heavy atom. The first-order valence-electron chi connectivity index (χ1n) is 12.8. The molecule has 4 aromatic rings. The Kier molecular flexibility index (Phi) is 5.70. The van der Waals surface area contributed by atoms with Gasteiger partial charge >= 0.3 is 0 Å². The first kappa shape index (κ1) is 24.8. The summed E-state index contributed by atoms with van der Waals surface area (Å²) in [6.07, 6.45) is 2.69. The molecule has 3 heterocycles. The summed E-state index contributed by atoms with van der Waals surface area (Å²) in [7, 11) is 0. The zero-order chi connectivity index (χ0) is 26.8. The highest BCUT2D eigenvalue weighted by atomic mass is 19.1. The van der Waals surface area contributed by atoms with E-state index in [2.05, 4.69) is 29.1 Å². The van der Waals surface area contributed by atoms with E-state index >= 15 is 0 Å². The van der Waals surface area contributed by atoms with E-state index in [1.807, 2.05) is 37.4 Å². The van der Waals surface area contributed by atoms with Crippen LogP contribution in [0.2, 0.25) is 0 Å². The Morgan fingerprint density at radius 2 is 1.82 bits per heavy atom. The lowest BCUT2D eigenvalue weighted by atomic mass is 9.66. The van der Waals surface area contributed by atoms with E-state index in [-0.39, 0.29) is 35.7 Å². The molecule has 0 spiro atoms. The minimum absolute atomic E-state index is 0.150. The highest BCUT2D eigenvalue weighted by Gasteiger charge is 2.65. The number of nitrogens with zero attached hydrogens (tertiary/aromatic N) is 5. The van der Waals surface area contributed by atoms with E-state index < -0.39 is 23.2 Å². The molecule has 0 saturated heterocycles. The fourth-order valence-electron chi connectivity index (χ4n) is 6.72. The molecule has 3 aromatic heterocycles. The molecule has 2 bridgehead atoms. The minimum Gasteiger partial charge on any atom is -0.394 e. The maximum atomic E-state index is 14.5. The van der Waals surface area contributed by atoms with Gasteiger partial charge in [-0.2, -0.15) is 10.2 Å². The molecule has 38 heavy (non-hydrogen) atoms. The molecule has 3 atom stereocenters. The van der Waals surface area contributed by atoms with Crippen LogP contribution in [0.4, 0.5) is 8.78 Å². The number of pyridine rings is 1. The predicted molar refractivity (Wildman–Crippen MR) is 137 cm³/mol. The van der Waals surface area contributed by atoms with Gasteiger partial charge in [0.1, 0.15) is 11.6 Å². The van der Waals surface area contributed by atoms with E-state index in [9.17, 15) is 19.0 Å². The lowest BCUT2D eigenvalue weighted by Crippen LogP contribution is -2.37. The second-order valence-electron chi connectivity index (χ2n) is 10.9. The van der Waals surface area contributed by atoms with Crippen molar-refractivity contribution in [1.82, 2.24) is 25.0 Å². The van der Waals surface area contributed by atoms with Gasteiger partial charge in [0.15, 0.2) is 0 Å². The average molecular weight is 518 g/mol. The van der Waals surface area contributed by atoms with Crippen molar-refractivity contribution in [3.05, 3.63) is 82.9 Å². The lowest BCUT2D eigenvalue weighted by molar-refractivity contribution is 0.0782. The van der Waals surface area contributed by atoms with Crippen LogP contribution in [0.5, 0.6) is 0 Å². The summed E-state index contributed by atoms with van der Waals surface area (Å²) >= 11 is 0. The van der Waals surface area contributed by atoms with E-state index in [0.29, 0.717) is 0 Å². The number of aliphatic hydroxyl groups is 2. The number of aliphatic hydroxyl groups excluding tert-OH is 2. The third-order valence-electron chi connectivity index (χ3n) is 8.62. The Balaban J connectivity index is 1.45. The normalized spacial score (nSPS) is 22.0. The summed E-state index contributed by atoms with van der Waals surface area (Å²) in [5.74, 6) is -1.17. The van der Waals surface area contributed by atoms with Gasteiger partial charge in [-0.25, -0.2) is 8.78 Å². The van der Waals surface area contributed by atoms with Gasteiger partial charge in [-0.05, 0) is 67.0 Å². The fourth-order valence-corrected chi connectivity index (χ4v) is 6.72. The second-order valence-corrected chi connectivity index (χ2v) is 10.9. The van der Waals surface area contributed by atoms with Crippen molar-refractivity contribution >= 4 is 0 Å². The average Bonchev–Trinajstić information content (AvgIpc) is 3.46. The van der Waals surface area contributed by atoms with Crippen LogP contribution in [-0.4, -0.2) is 47.9 Å². The molecular formula is C29H29F2N5O2. The van der Waals surface area contributed by atoms with Crippen LogP contribution in [-0.2, 0) is 12.0 Å². The van der Waals surface area contributed by atoms with Crippen LogP contribution in [0.15, 0.2) is 48.7 Å². The number of fused-ring (bicyclic) bond motifs is 5. The predicted octanol–water partition coefficient (Wildman–Crippen LogP) is 4.55. The van der Waals surface area contributed by atoms with Crippen molar-refractivity contribution in [3.63, 3.8) is 0 Å². The van der Waals surface area contributed by atoms with Crippen LogP contribution >= 0.6 is 0 Å². The van der Waals surface area contributed by atoms with Gasteiger partial charge in [-0.1, -0.05) is 26.0 Å². The molecule has 1 fully saturated rings. The number of benzene rings is 1. The number of rotatable bonds is 6. The van der Waals surface area contributed by atoms with Gasteiger partial charge in [-0.3, -0.25) is 9.67 Å². The Labute approximate surface area is 219 Å². The third kappa shape index (κ3) is 3.45. The number of hydrogen-bond acceptors (Lipinski definition) is 6. The van der Waals surface area contributed by atoms with Crippen LogP contribution in [0.25, 0.3) is 22.5 Å². The molecule has 2 aliphatic rings. The van der Waals surface area contributed by atoms with Gasteiger partial charge < -0.3 is 10.2 Å². The van der Waals surface area contributed by atoms with Crippen molar-refractivity contribution in [1.29, 1.82) is 0 Å². The minimum atomic E-state index is -0.896. The molecule has 0 amide bonds. The molecule has 1 saturated carbocycles. The van der Waals surface area contributed by atoms with Crippen molar-refractivity contribution in [2.24, 2.45) is 5.41 Å². The monoisotopic (exact) mass is 517 g/mol. The summed E-state index contributed by atoms with van der Waals surface area (Å²) in [6, 6.07) is 11.5. The van der Waals surface area contributed by atoms with Crippen molar-refractivity contribution < 1.29 is 19.0 Å². The van der Waals surface area contributed by atoms with E-state index in [1.54, 1.807) is 4.68 Å². The van der Waals surface area contributed by atoms with Crippen molar-refractivity contribution in [2.45, 2.75) is 57.6 Å². The van der Waals surface area contributed by atoms with Gasteiger partial charge in [-0.15, -0.1) is 5.10 Å². The van der Waals surface area contributed by atoms with Crippen molar-refractivity contribution in [2.75, 3.05) is 6.61 Å². The van der Waals surface area contributed by atoms with E-state index in [0.717, 1.165) is 46.7 Å². The molecule has 0 unspecified atom stereocenters. The molecule has 0 radical (unpaired) electrons. The topological polar surface area (TPSA) is 97.0 Å². The number of hydrogen-bond donors (Lipinski definition) is 2. The highest BCUT2D eigenvalue weighted by molar-refractivity contribution is 5.65.